The zero-order valence-corrected chi connectivity index (χ0v) is 16.6. The summed E-state index contributed by atoms with van der Waals surface area (Å²) in [6, 6.07) is 8.29. The number of fused-ring (bicyclic) bond motifs is 1. The summed E-state index contributed by atoms with van der Waals surface area (Å²) in [5, 5.41) is 3.59. The van der Waals surface area contributed by atoms with Gasteiger partial charge in [-0.05, 0) is 43.9 Å². The van der Waals surface area contributed by atoms with Crippen LogP contribution in [0.1, 0.15) is 53.5 Å². The Morgan fingerprint density at radius 2 is 2.21 bits per heavy atom. The maximum atomic E-state index is 12.9. The van der Waals surface area contributed by atoms with Crippen molar-refractivity contribution in [2.45, 2.75) is 51.7 Å². The van der Waals surface area contributed by atoms with Gasteiger partial charge in [0.25, 0.3) is 5.91 Å². The minimum Gasteiger partial charge on any atom is -0.481 e. The number of carbonyl (C=O) groups is 1. The summed E-state index contributed by atoms with van der Waals surface area (Å²) in [4.78, 5) is 23.7. The van der Waals surface area contributed by atoms with Crippen LogP contribution in [0.25, 0.3) is 0 Å². The number of methoxy groups -OCH3 is 1. The van der Waals surface area contributed by atoms with Crippen molar-refractivity contribution >= 4 is 5.91 Å². The van der Waals surface area contributed by atoms with Gasteiger partial charge in [0.15, 0.2) is 0 Å². The Morgan fingerprint density at radius 1 is 1.36 bits per heavy atom. The summed E-state index contributed by atoms with van der Waals surface area (Å²) in [5.74, 6) is 1.43. The fourth-order valence-electron chi connectivity index (χ4n) is 3.96. The van der Waals surface area contributed by atoms with Crippen LogP contribution < -0.4 is 10.1 Å². The Bertz CT molecular complexity index is 836. The van der Waals surface area contributed by atoms with E-state index in [4.69, 9.17) is 4.74 Å². The molecule has 1 saturated carbocycles. The third-order valence-corrected chi connectivity index (χ3v) is 6.03. The van der Waals surface area contributed by atoms with Crippen LogP contribution in [0.15, 0.2) is 30.5 Å². The molecule has 1 amide bonds. The molecule has 6 nitrogen and oxygen atoms in total. The van der Waals surface area contributed by atoms with Gasteiger partial charge in [-0.15, -0.1) is 0 Å². The third kappa shape index (κ3) is 3.87. The Kier molecular flexibility index (Phi) is 5.57. The summed E-state index contributed by atoms with van der Waals surface area (Å²) in [7, 11) is 1.64. The lowest BCUT2D eigenvalue weighted by Gasteiger charge is -2.32. The predicted molar refractivity (Wildman–Crippen MR) is 107 cm³/mol. The van der Waals surface area contributed by atoms with Crippen molar-refractivity contribution in [3.8, 4) is 5.88 Å². The molecule has 28 heavy (non-hydrogen) atoms. The molecule has 0 unspecified atom stereocenters. The Hall–Kier alpha value is -2.47. The molecule has 1 aliphatic heterocycles. The van der Waals surface area contributed by atoms with Gasteiger partial charge in [-0.3, -0.25) is 9.78 Å². The second-order valence-corrected chi connectivity index (χ2v) is 7.81. The summed E-state index contributed by atoms with van der Waals surface area (Å²) in [6.45, 7) is 4.08. The minimum atomic E-state index is 0.0503. The van der Waals surface area contributed by atoms with Crippen LogP contribution in [-0.2, 0) is 19.5 Å². The molecule has 2 aromatic rings. The molecule has 1 N–H and O–H groups in total. The van der Waals surface area contributed by atoms with E-state index in [9.17, 15) is 4.79 Å². The molecule has 4 rings (SSSR count). The van der Waals surface area contributed by atoms with Gasteiger partial charge in [0.05, 0.1) is 24.9 Å². The first kappa shape index (κ1) is 18.9. The van der Waals surface area contributed by atoms with E-state index >= 15 is 0 Å². The maximum Gasteiger partial charge on any atom is 0.256 e. The van der Waals surface area contributed by atoms with E-state index in [1.165, 1.54) is 19.3 Å². The van der Waals surface area contributed by atoms with E-state index in [-0.39, 0.29) is 5.91 Å². The molecule has 0 bridgehead atoms. The topological polar surface area (TPSA) is 67.3 Å². The normalized spacial score (nSPS) is 17.4. The number of hydrogen-bond donors (Lipinski definition) is 1. The van der Waals surface area contributed by atoms with Crippen LogP contribution in [0.3, 0.4) is 0 Å². The molecular weight excluding hydrogens is 352 g/mol. The number of pyridine rings is 2. The first-order valence-electron chi connectivity index (χ1n) is 10.1. The lowest BCUT2D eigenvalue weighted by molar-refractivity contribution is 0.0779. The zero-order valence-electron chi connectivity index (χ0n) is 16.6. The lowest BCUT2D eigenvalue weighted by Crippen LogP contribution is -2.36. The number of hydrogen-bond acceptors (Lipinski definition) is 5. The molecule has 3 heterocycles. The first-order valence-corrected chi connectivity index (χ1v) is 10.1. The van der Waals surface area contributed by atoms with Crippen molar-refractivity contribution in [2.75, 3.05) is 13.7 Å². The summed E-state index contributed by atoms with van der Waals surface area (Å²) < 4.78 is 5.51. The number of nitrogens with one attached hydrogen (secondary N) is 1. The highest BCUT2D eigenvalue weighted by Gasteiger charge is 2.30. The van der Waals surface area contributed by atoms with Gasteiger partial charge in [-0.2, -0.15) is 0 Å². The van der Waals surface area contributed by atoms with Crippen LogP contribution in [0.5, 0.6) is 5.88 Å². The smallest absolute Gasteiger partial charge is 0.256 e. The quantitative estimate of drug-likeness (QED) is 0.763. The molecule has 1 atom stereocenters. The van der Waals surface area contributed by atoms with Crippen molar-refractivity contribution in [3.05, 3.63) is 53.0 Å². The number of amides is 1. The number of nitrogens with zero attached hydrogens (tertiary/aromatic N) is 3. The van der Waals surface area contributed by atoms with Crippen LogP contribution in [-0.4, -0.2) is 40.5 Å². The van der Waals surface area contributed by atoms with Gasteiger partial charge < -0.3 is 15.0 Å². The Labute approximate surface area is 166 Å². The molecule has 0 radical (unpaired) electrons. The molecule has 1 fully saturated rings. The number of ether oxygens (including phenoxy) is 1. The van der Waals surface area contributed by atoms with Crippen molar-refractivity contribution in [1.29, 1.82) is 0 Å². The Balaban J connectivity index is 1.43. The van der Waals surface area contributed by atoms with Gasteiger partial charge in [0.2, 0.25) is 5.88 Å². The van der Waals surface area contributed by atoms with Gasteiger partial charge in [-0.1, -0.05) is 12.5 Å². The first-order chi connectivity index (χ1) is 13.7. The zero-order chi connectivity index (χ0) is 19.5. The number of aromatic nitrogens is 2. The van der Waals surface area contributed by atoms with Crippen molar-refractivity contribution in [1.82, 2.24) is 20.2 Å². The highest BCUT2D eigenvalue weighted by atomic mass is 16.5. The van der Waals surface area contributed by atoms with E-state index in [0.29, 0.717) is 37.1 Å². The third-order valence-electron chi connectivity index (χ3n) is 6.03. The van der Waals surface area contributed by atoms with Gasteiger partial charge >= 0.3 is 0 Å². The molecule has 148 valence electrons. The van der Waals surface area contributed by atoms with Crippen molar-refractivity contribution in [3.63, 3.8) is 0 Å². The lowest BCUT2D eigenvalue weighted by atomic mass is 9.80. The van der Waals surface area contributed by atoms with Gasteiger partial charge in [0, 0.05) is 43.0 Å². The van der Waals surface area contributed by atoms with Crippen molar-refractivity contribution < 1.29 is 9.53 Å². The van der Waals surface area contributed by atoms with E-state index in [0.717, 1.165) is 29.3 Å². The summed E-state index contributed by atoms with van der Waals surface area (Å²) in [5.41, 5.74) is 3.45. The minimum absolute atomic E-state index is 0.0503. The molecule has 1 aliphatic carbocycles. The van der Waals surface area contributed by atoms with Crippen LogP contribution in [0.4, 0.5) is 0 Å². The maximum absolute atomic E-state index is 12.9. The van der Waals surface area contributed by atoms with E-state index in [1.807, 2.05) is 29.2 Å². The Morgan fingerprint density at radius 3 is 2.89 bits per heavy atom. The molecule has 2 aromatic heterocycles. The van der Waals surface area contributed by atoms with Gasteiger partial charge in [-0.25, -0.2) is 4.98 Å². The highest BCUT2D eigenvalue weighted by molar-refractivity contribution is 5.98. The highest BCUT2D eigenvalue weighted by Crippen LogP contribution is 2.30. The molecule has 0 saturated heterocycles. The van der Waals surface area contributed by atoms with E-state index in [1.54, 1.807) is 13.3 Å². The summed E-state index contributed by atoms with van der Waals surface area (Å²) >= 11 is 0. The average Bonchev–Trinajstić information content (AvgIpc) is 2.98. The molecule has 6 heteroatoms. The van der Waals surface area contributed by atoms with Crippen LogP contribution in [0.2, 0.25) is 0 Å². The standard InChI is InChI=1S/C22H28N4O2/c1-15(16-6-5-7-16)24-13-17-12-19-20(25-21(17)28-2)14-26(22(19)27)11-9-18-8-3-4-10-23-18/h3-4,8,10,12,15-16,24H,5-7,9,11,13-14H2,1-2H3/t15-/m0/s1. The largest absolute Gasteiger partial charge is 0.481 e. The average molecular weight is 380 g/mol. The van der Waals surface area contributed by atoms with E-state index < -0.39 is 0 Å². The monoisotopic (exact) mass is 380 g/mol. The van der Waals surface area contributed by atoms with E-state index in [2.05, 4.69) is 22.2 Å². The number of carbonyl (C=O) groups excluding carboxylic acids is 1. The SMILES string of the molecule is COc1nc2c(cc1CN[C@@H](C)C1CCC1)C(=O)N(CCc1ccccn1)C2. The van der Waals surface area contributed by atoms with Crippen LogP contribution in [0, 0.1) is 5.92 Å². The second kappa shape index (κ2) is 8.27. The molecular formula is C22H28N4O2. The fourth-order valence-corrected chi connectivity index (χ4v) is 3.96. The molecule has 0 spiro atoms. The fraction of sp³-hybridized carbons (Fsp3) is 0.500. The molecule has 0 aromatic carbocycles. The van der Waals surface area contributed by atoms with Crippen molar-refractivity contribution in [2.24, 2.45) is 5.92 Å². The van der Waals surface area contributed by atoms with Gasteiger partial charge in [0.1, 0.15) is 0 Å². The second-order valence-electron chi connectivity index (χ2n) is 7.81. The number of rotatable bonds is 8. The molecule has 2 aliphatic rings. The summed E-state index contributed by atoms with van der Waals surface area (Å²) in [6.07, 6.45) is 6.47. The van der Waals surface area contributed by atoms with Crippen LogP contribution >= 0.6 is 0 Å². The predicted octanol–water partition coefficient (Wildman–Crippen LogP) is 2.96.